The van der Waals surface area contributed by atoms with E-state index in [0.29, 0.717) is 12.1 Å². The fraction of sp³-hybridized carbons (Fsp3) is 0.647. The molecule has 0 radical (unpaired) electrons. The van der Waals surface area contributed by atoms with E-state index in [0.717, 1.165) is 5.75 Å². The van der Waals surface area contributed by atoms with Crippen LogP contribution in [0.4, 0.5) is 0 Å². The molecule has 3 heteroatoms. The summed E-state index contributed by atoms with van der Waals surface area (Å²) >= 11 is 0. The summed E-state index contributed by atoms with van der Waals surface area (Å²) in [6.45, 7) is 8.19. The van der Waals surface area contributed by atoms with E-state index in [2.05, 4.69) is 36.2 Å². The quantitative estimate of drug-likeness (QED) is 0.863. The summed E-state index contributed by atoms with van der Waals surface area (Å²) in [6, 6.07) is 9.27. The maximum Gasteiger partial charge on any atom is 0.123 e. The molecule has 1 unspecified atom stereocenters. The van der Waals surface area contributed by atoms with Gasteiger partial charge in [-0.25, -0.2) is 0 Å². The van der Waals surface area contributed by atoms with Gasteiger partial charge in [-0.05, 0) is 51.9 Å². The first-order valence-corrected chi connectivity index (χ1v) is 7.86. The summed E-state index contributed by atoms with van der Waals surface area (Å²) < 4.78 is 5.46. The van der Waals surface area contributed by atoms with Gasteiger partial charge in [-0.15, -0.1) is 0 Å². The molecule has 1 aromatic rings. The second-order valence-corrected chi connectivity index (χ2v) is 5.75. The highest BCUT2D eigenvalue weighted by molar-refractivity contribution is 5.35. The first-order chi connectivity index (χ1) is 9.74. The molecule has 1 aliphatic rings. The Balaban J connectivity index is 1.87. The number of ether oxygens (including phenoxy) is 1. The van der Waals surface area contributed by atoms with E-state index < -0.39 is 0 Å². The number of nitrogens with zero attached hydrogens (tertiary/aromatic N) is 1. The molecule has 0 saturated carbocycles. The average Bonchev–Trinajstić information content (AvgIpc) is 2.49. The van der Waals surface area contributed by atoms with Gasteiger partial charge in [0.1, 0.15) is 5.75 Å². The van der Waals surface area contributed by atoms with Crippen LogP contribution in [-0.4, -0.2) is 37.7 Å². The van der Waals surface area contributed by atoms with E-state index in [1.54, 1.807) is 7.11 Å². The Labute approximate surface area is 123 Å². The van der Waals surface area contributed by atoms with Crippen LogP contribution < -0.4 is 10.1 Å². The molecule has 2 rings (SSSR count). The van der Waals surface area contributed by atoms with Crippen LogP contribution in [-0.2, 0) is 0 Å². The number of para-hydroxylation sites is 1. The molecule has 1 fully saturated rings. The lowest BCUT2D eigenvalue weighted by Gasteiger charge is -2.34. The number of methoxy groups -OCH3 is 1. The standard InChI is InChI=1S/C17H28N2O/c1-4-11-19-12-9-15(10-13-19)18-14(2)16-7-5-6-8-17(16)20-3/h5-8,14-15,18H,4,9-13H2,1-3H3. The predicted molar refractivity (Wildman–Crippen MR) is 84.3 cm³/mol. The molecule has 1 heterocycles. The molecular formula is C17H28N2O. The molecule has 1 saturated heterocycles. The van der Waals surface area contributed by atoms with Gasteiger partial charge >= 0.3 is 0 Å². The van der Waals surface area contributed by atoms with E-state index in [1.807, 2.05) is 12.1 Å². The SMILES string of the molecule is CCCN1CCC(NC(C)c2ccccc2OC)CC1. The van der Waals surface area contributed by atoms with Gasteiger partial charge in [-0.3, -0.25) is 0 Å². The minimum absolute atomic E-state index is 0.342. The van der Waals surface area contributed by atoms with Crippen LogP contribution >= 0.6 is 0 Å². The Morgan fingerprint density at radius 3 is 2.65 bits per heavy atom. The molecule has 0 aromatic heterocycles. The summed E-state index contributed by atoms with van der Waals surface area (Å²) in [6.07, 6.45) is 3.76. The number of rotatable bonds is 6. The lowest BCUT2D eigenvalue weighted by atomic mass is 10.0. The number of hydrogen-bond acceptors (Lipinski definition) is 3. The molecule has 0 aliphatic carbocycles. The highest BCUT2D eigenvalue weighted by Crippen LogP contribution is 2.25. The second kappa shape index (κ2) is 7.65. The van der Waals surface area contributed by atoms with Gasteiger partial charge in [0, 0.05) is 17.6 Å². The minimum Gasteiger partial charge on any atom is -0.496 e. The van der Waals surface area contributed by atoms with Crippen molar-refractivity contribution in [2.45, 2.75) is 45.2 Å². The second-order valence-electron chi connectivity index (χ2n) is 5.75. The zero-order valence-electron chi connectivity index (χ0n) is 13.1. The molecule has 20 heavy (non-hydrogen) atoms. The van der Waals surface area contributed by atoms with E-state index in [9.17, 15) is 0 Å². The third-order valence-electron chi connectivity index (χ3n) is 4.22. The van der Waals surface area contributed by atoms with Crippen molar-refractivity contribution in [2.24, 2.45) is 0 Å². The molecule has 1 aromatic carbocycles. The van der Waals surface area contributed by atoms with Gasteiger partial charge < -0.3 is 15.0 Å². The highest BCUT2D eigenvalue weighted by Gasteiger charge is 2.21. The maximum absolute atomic E-state index is 5.46. The van der Waals surface area contributed by atoms with Crippen LogP contribution in [0.25, 0.3) is 0 Å². The van der Waals surface area contributed by atoms with Crippen LogP contribution in [0.2, 0.25) is 0 Å². The lowest BCUT2D eigenvalue weighted by Crippen LogP contribution is -2.43. The number of nitrogens with one attached hydrogen (secondary N) is 1. The average molecular weight is 276 g/mol. The Kier molecular flexibility index (Phi) is 5.86. The van der Waals surface area contributed by atoms with Crippen molar-refractivity contribution in [3.8, 4) is 5.75 Å². The Morgan fingerprint density at radius 1 is 1.30 bits per heavy atom. The van der Waals surface area contributed by atoms with Crippen molar-refractivity contribution < 1.29 is 4.74 Å². The first-order valence-electron chi connectivity index (χ1n) is 7.86. The highest BCUT2D eigenvalue weighted by atomic mass is 16.5. The topological polar surface area (TPSA) is 24.5 Å². The molecule has 0 bridgehead atoms. The van der Waals surface area contributed by atoms with Gasteiger partial charge in [0.2, 0.25) is 0 Å². The van der Waals surface area contributed by atoms with Crippen molar-refractivity contribution in [2.75, 3.05) is 26.7 Å². The number of benzene rings is 1. The Bertz CT molecular complexity index is 400. The maximum atomic E-state index is 5.46. The Morgan fingerprint density at radius 2 is 2.00 bits per heavy atom. The van der Waals surface area contributed by atoms with Crippen molar-refractivity contribution in [1.82, 2.24) is 10.2 Å². The van der Waals surface area contributed by atoms with Gasteiger partial charge in [-0.2, -0.15) is 0 Å². The van der Waals surface area contributed by atoms with Crippen LogP contribution in [0.1, 0.15) is 44.7 Å². The van der Waals surface area contributed by atoms with Crippen LogP contribution in [0, 0.1) is 0 Å². The van der Waals surface area contributed by atoms with E-state index >= 15 is 0 Å². The third kappa shape index (κ3) is 3.97. The van der Waals surface area contributed by atoms with Crippen LogP contribution in [0.5, 0.6) is 5.75 Å². The molecule has 112 valence electrons. The zero-order valence-corrected chi connectivity index (χ0v) is 13.1. The van der Waals surface area contributed by atoms with Gasteiger partial charge in [-0.1, -0.05) is 25.1 Å². The normalized spacial score (nSPS) is 18.9. The van der Waals surface area contributed by atoms with E-state index in [-0.39, 0.29) is 0 Å². The summed E-state index contributed by atoms with van der Waals surface area (Å²) in [5.41, 5.74) is 1.26. The molecule has 0 spiro atoms. The van der Waals surface area contributed by atoms with Crippen LogP contribution in [0.3, 0.4) is 0 Å². The van der Waals surface area contributed by atoms with Crippen molar-refractivity contribution in [3.63, 3.8) is 0 Å². The molecule has 1 N–H and O–H groups in total. The first kappa shape index (κ1) is 15.3. The largest absolute Gasteiger partial charge is 0.496 e. The van der Waals surface area contributed by atoms with Gasteiger partial charge in [0.15, 0.2) is 0 Å². The minimum atomic E-state index is 0.342. The monoisotopic (exact) mass is 276 g/mol. The van der Waals surface area contributed by atoms with E-state index in [1.165, 1.54) is 44.5 Å². The smallest absolute Gasteiger partial charge is 0.123 e. The van der Waals surface area contributed by atoms with E-state index in [4.69, 9.17) is 4.74 Å². The molecule has 1 atom stereocenters. The van der Waals surface area contributed by atoms with Gasteiger partial charge in [0.25, 0.3) is 0 Å². The number of hydrogen-bond donors (Lipinski definition) is 1. The third-order valence-corrected chi connectivity index (χ3v) is 4.22. The molecule has 3 nitrogen and oxygen atoms in total. The summed E-state index contributed by atoms with van der Waals surface area (Å²) in [5, 5.41) is 3.77. The lowest BCUT2D eigenvalue weighted by molar-refractivity contribution is 0.192. The fourth-order valence-corrected chi connectivity index (χ4v) is 3.11. The molecular weight excluding hydrogens is 248 g/mol. The Hall–Kier alpha value is -1.06. The number of piperidine rings is 1. The summed E-state index contributed by atoms with van der Waals surface area (Å²) in [7, 11) is 1.74. The van der Waals surface area contributed by atoms with Crippen molar-refractivity contribution >= 4 is 0 Å². The van der Waals surface area contributed by atoms with Gasteiger partial charge in [0.05, 0.1) is 7.11 Å². The predicted octanol–water partition coefficient (Wildman–Crippen LogP) is 3.22. The molecule has 1 aliphatic heterocycles. The molecule has 0 amide bonds. The zero-order chi connectivity index (χ0) is 14.4. The van der Waals surface area contributed by atoms with Crippen LogP contribution in [0.15, 0.2) is 24.3 Å². The van der Waals surface area contributed by atoms with Crippen molar-refractivity contribution in [3.05, 3.63) is 29.8 Å². The summed E-state index contributed by atoms with van der Waals surface area (Å²) in [4.78, 5) is 2.58. The van der Waals surface area contributed by atoms with Crippen molar-refractivity contribution in [1.29, 1.82) is 0 Å². The number of likely N-dealkylation sites (tertiary alicyclic amines) is 1. The summed E-state index contributed by atoms with van der Waals surface area (Å²) in [5.74, 6) is 0.982. The fourth-order valence-electron chi connectivity index (χ4n) is 3.11.